The molecule has 25 heavy (non-hydrogen) atoms. The lowest BCUT2D eigenvalue weighted by atomic mass is 10.1. The van der Waals surface area contributed by atoms with E-state index in [1.807, 2.05) is 0 Å². The first-order valence-electron chi connectivity index (χ1n) is 6.77. The maximum absolute atomic E-state index is 12.5. The standard InChI is InChI=1S/C14H9ClN4O4S2/c15-9-1-3-10(4-2-9)25(22,23)12-6-8(7-24-12)5-11(20)13(21)14-16-18-19-17-14/h1-4,6-7H,5H2,(H,16,17,18,19). The highest BCUT2D eigenvalue weighted by Crippen LogP contribution is 2.28. The number of H-pyrrole nitrogens is 1. The van der Waals surface area contributed by atoms with Crippen molar-refractivity contribution in [1.29, 1.82) is 0 Å². The number of Topliss-reactive ketones (excluding diaryl/α,β-unsaturated/α-hetero) is 2. The zero-order valence-corrected chi connectivity index (χ0v) is 14.7. The molecule has 0 amide bonds. The van der Waals surface area contributed by atoms with E-state index >= 15 is 0 Å². The molecule has 1 aromatic carbocycles. The minimum Gasteiger partial charge on any atom is -0.290 e. The fraction of sp³-hybridized carbons (Fsp3) is 0.0714. The van der Waals surface area contributed by atoms with Crippen molar-refractivity contribution >= 4 is 44.3 Å². The molecule has 0 aliphatic heterocycles. The third-order valence-electron chi connectivity index (χ3n) is 3.18. The number of sulfone groups is 1. The van der Waals surface area contributed by atoms with Gasteiger partial charge in [-0.1, -0.05) is 11.6 Å². The van der Waals surface area contributed by atoms with Crippen LogP contribution in [0.5, 0.6) is 0 Å². The number of halogens is 1. The molecule has 2 heterocycles. The number of carbonyl (C=O) groups is 2. The highest BCUT2D eigenvalue weighted by atomic mass is 35.5. The number of hydrogen-bond acceptors (Lipinski definition) is 8. The zero-order chi connectivity index (χ0) is 18.0. The summed E-state index contributed by atoms with van der Waals surface area (Å²) in [5.41, 5.74) is 0.416. The fourth-order valence-corrected chi connectivity index (χ4v) is 4.70. The predicted molar refractivity (Wildman–Crippen MR) is 88.4 cm³/mol. The van der Waals surface area contributed by atoms with E-state index in [0.29, 0.717) is 10.6 Å². The van der Waals surface area contributed by atoms with Crippen LogP contribution >= 0.6 is 22.9 Å². The summed E-state index contributed by atoms with van der Waals surface area (Å²) in [6.07, 6.45) is -0.250. The Bertz CT molecular complexity index is 1030. The van der Waals surface area contributed by atoms with E-state index in [-0.39, 0.29) is 21.3 Å². The average Bonchev–Trinajstić information content (AvgIpc) is 3.26. The van der Waals surface area contributed by atoms with Crippen molar-refractivity contribution in [2.45, 2.75) is 15.5 Å². The van der Waals surface area contributed by atoms with Gasteiger partial charge >= 0.3 is 0 Å². The molecule has 2 aromatic heterocycles. The minimum absolute atomic E-state index is 0.0737. The van der Waals surface area contributed by atoms with Crippen molar-refractivity contribution in [2.24, 2.45) is 0 Å². The summed E-state index contributed by atoms with van der Waals surface area (Å²) in [6, 6.07) is 7.14. The van der Waals surface area contributed by atoms with Crippen LogP contribution in [0.4, 0.5) is 0 Å². The molecule has 0 radical (unpaired) electrons. The number of hydrogen-bond donors (Lipinski definition) is 1. The number of aromatic amines is 1. The van der Waals surface area contributed by atoms with Crippen LogP contribution in [0.3, 0.4) is 0 Å². The highest BCUT2D eigenvalue weighted by molar-refractivity contribution is 7.93. The first kappa shape index (κ1) is 17.4. The summed E-state index contributed by atoms with van der Waals surface area (Å²) in [6.45, 7) is 0. The summed E-state index contributed by atoms with van der Waals surface area (Å²) in [5, 5.41) is 14.1. The third kappa shape index (κ3) is 3.65. The number of tetrazole rings is 1. The van der Waals surface area contributed by atoms with Crippen molar-refractivity contribution in [3.05, 3.63) is 52.1 Å². The van der Waals surface area contributed by atoms with Gasteiger partial charge in [-0.15, -0.1) is 21.5 Å². The Morgan fingerprint density at radius 1 is 1.20 bits per heavy atom. The van der Waals surface area contributed by atoms with Gasteiger partial charge in [-0.3, -0.25) is 9.59 Å². The second-order valence-corrected chi connectivity index (χ2v) is 8.42. The van der Waals surface area contributed by atoms with Gasteiger partial charge in [0.25, 0.3) is 5.78 Å². The summed E-state index contributed by atoms with van der Waals surface area (Å²) in [4.78, 5) is 23.8. The molecule has 0 saturated carbocycles. The fourth-order valence-electron chi connectivity index (χ4n) is 1.97. The lowest BCUT2D eigenvalue weighted by molar-refractivity contribution is -0.114. The van der Waals surface area contributed by atoms with Crippen molar-refractivity contribution in [3.63, 3.8) is 0 Å². The maximum atomic E-state index is 12.5. The minimum atomic E-state index is -3.71. The number of thiophene rings is 1. The summed E-state index contributed by atoms with van der Waals surface area (Å²) >= 11 is 6.74. The molecular weight excluding hydrogens is 388 g/mol. The van der Waals surface area contributed by atoms with Gasteiger partial charge in [0, 0.05) is 11.4 Å². The van der Waals surface area contributed by atoms with Gasteiger partial charge in [-0.2, -0.15) is 5.21 Å². The zero-order valence-electron chi connectivity index (χ0n) is 12.3. The largest absolute Gasteiger partial charge is 0.290 e. The van der Waals surface area contributed by atoms with Gasteiger partial charge in [0.15, 0.2) is 0 Å². The predicted octanol–water partition coefficient (Wildman–Crippen LogP) is 1.74. The van der Waals surface area contributed by atoms with Crippen LogP contribution in [0.15, 0.2) is 44.8 Å². The molecule has 1 N–H and O–H groups in total. The summed E-state index contributed by atoms with van der Waals surface area (Å²) < 4.78 is 25.2. The molecular formula is C14H9ClN4O4S2. The SMILES string of the molecule is O=C(Cc1csc(S(=O)(=O)c2ccc(Cl)cc2)c1)C(=O)c1nn[nH]n1. The van der Waals surface area contributed by atoms with E-state index < -0.39 is 21.4 Å². The second kappa shape index (κ2) is 6.82. The molecule has 3 aromatic rings. The van der Waals surface area contributed by atoms with Crippen molar-refractivity contribution in [2.75, 3.05) is 0 Å². The van der Waals surface area contributed by atoms with Crippen LogP contribution in [0, 0.1) is 0 Å². The van der Waals surface area contributed by atoms with E-state index in [9.17, 15) is 18.0 Å². The van der Waals surface area contributed by atoms with E-state index in [1.165, 1.54) is 35.7 Å². The van der Waals surface area contributed by atoms with Gasteiger partial charge < -0.3 is 0 Å². The Labute approximate surface area is 150 Å². The molecule has 0 aliphatic carbocycles. The van der Waals surface area contributed by atoms with Crippen LogP contribution in [0.25, 0.3) is 0 Å². The lowest BCUT2D eigenvalue weighted by Crippen LogP contribution is -2.18. The Morgan fingerprint density at radius 3 is 2.56 bits per heavy atom. The Kier molecular flexibility index (Phi) is 4.75. The van der Waals surface area contributed by atoms with Crippen LogP contribution < -0.4 is 0 Å². The maximum Gasteiger partial charge on any atom is 0.269 e. The Morgan fingerprint density at radius 2 is 1.92 bits per heavy atom. The quantitative estimate of drug-likeness (QED) is 0.497. The number of aromatic nitrogens is 4. The van der Waals surface area contributed by atoms with Crippen LogP contribution in [-0.4, -0.2) is 40.6 Å². The first-order chi connectivity index (χ1) is 11.9. The van der Waals surface area contributed by atoms with Crippen molar-refractivity contribution < 1.29 is 18.0 Å². The monoisotopic (exact) mass is 396 g/mol. The molecule has 8 nitrogen and oxygen atoms in total. The van der Waals surface area contributed by atoms with Gasteiger partial charge in [0.1, 0.15) is 4.21 Å². The summed E-state index contributed by atoms with van der Waals surface area (Å²) in [7, 11) is -3.71. The molecule has 0 atom stereocenters. The molecule has 0 aliphatic rings. The smallest absolute Gasteiger partial charge is 0.269 e. The molecule has 0 spiro atoms. The molecule has 128 valence electrons. The molecule has 0 unspecified atom stereocenters. The average molecular weight is 397 g/mol. The van der Waals surface area contributed by atoms with E-state index in [1.54, 1.807) is 0 Å². The Balaban J connectivity index is 1.79. The van der Waals surface area contributed by atoms with Gasteiger partial charge in [-0.25, -0.2) is 8.42 Å². The molecule has 0 fully saturated rings. The van der Waals surface area contributed by atoms with Gasteiger partial charge in [0.2, 0.25) is 21.4 Å². The molecule has 0 saturated heterocycles. The van der Waals surface area contributed by atoms with Crippen molar-refractivity contribution in [1.82, 2.24) is 20.6 Å². The topological polar surface area (TPSA) is 123 Å². The number of nitrogens with zero attached hydrogens (tertiary/aromatic N) is 3. The second-order valence-electron chi connectivity index (χ2n) is 4.90. The van der Waals surface area contributed by atoms with Crippen LogP contribution in [0.1, 0.15) is 16.2 Å². The first-order valence-corrected chi connectivity index (χ1v) is 9.51. The number of nitrogens with one attached hydrogen (secondary N) is 1. The third-order valence-corrected chi connectivity index (χ3v) is 6.69. The number of ketones is 2. The van der Waals surface area contributed by atoms with E-state index in [0.717, 1.165) is 11.3 Å². The Hall–Kier alpha value is -2.43. The molecule has 0 bridgehead atoms. The highest BCUT2D eigenvalue weighted by Gasteiger charge is 2.24. The molecule has 3 rings (SSSR count). The van der Waals surface area contributed by atoms with Gasteiger partial charge in [-0.05, 0) is 46.5 Å². The van der Waals surface area contributed by atoms with Crippen LogP contribution in [0.2, 0.25) is 5.02 Å². The van der Waals surface area contributed by atoms with Crippen LogP contribution in [-0.2, 0) is 21.1 Å². The molecule has 11 heteroatoms. The normalized spacial score (nSPS) is 11.4. The van der Waals surface area contributed by atoms with Crippen molar-refractivity contribution in [3.8, 4) is 0 Å². The van der Waals surface area contributed by atoms with E-state index in [4.69, 9.17) is 11.6 Å². The van der Waals surface area contributed by atoms with Gasteiger partial charge in [0.05, 0.1) is 4.90 Å². The lowest BCUT2D eigenvalue weighted by Gasteiger charge is -2.01. The number of rotatable bonds is 6. The summed E-state index contributed by atoms with van der Waals surface area (Å²) in [5.74, 6) is -1.97. The number of benzene rings is 1. The number of carbonyl (C=O) groups excluding carboxylic acids is 2. The van der Waals surface area contributed by atoms with E-state index in [2.05, 4.69) is 20.6 Å².